The first-order valence-corrected chi connectivity index (χ1v) is 8.57. The monoisotopic (exact) mass is 328 g/mol. The zero-order valence-corrected chi connectivity index (χ0v) is 14.3. The first kappa shape index (κ1) is 16.9. The third kappa shape index (κ3) is 4.34. The van der Waals surface area contributed by atoms with Crippen LogP contribution in [0.2, 0.25) is 0 Å². The van der Waals surface area contributed by atoms with Gasteiger partial charge in [0.2, 0.25) is 0 Å². The molecular formula is C20H25FN2O. The molecule has 3 rings (SSSR count). The van der Waals surface area contributed by atoms with Gasteiger partial charge >= 0.3 is 0 Å². The van der Waals surface area contributed by atoms with E-state index in [-0.39, 0.29) is 18.0 Å². The second kappa shape index (κ2) is 7.77. The molecule has 0 amide bonds. The van der Waals surface area contributed by atoms with E-state index in [2.05, 4.69) is 22.3 Å². The predicted octanol–water partition coefficient (Wildman–Crippen LogP) is 3.76. The second-order valence-electron chi connectivity index (χ2n) is 6.56. The molecule has 4 heteroatoms. The van der Waals surface area contributed by atoms with Crippen LogP contribution in [0.4, 0.5) is 4.39 Å². The zero-order chi connectivity index (χ0) is 16.9. The fourth-order valence-corrected chi connectivity index (χ4v) is 3.17. The molecule has 1 aliphatic heterocycles. The van der Waals surface area contributed by atoms with E-state index < -0.39 is 0 Å². The molecule has 1 atom stereocenters. The van der Waals surface area contributed by atoms with Crippen molar-refractivity contribution in [2.75, 3.05) is 19.6 Å². The third-order valence-electron chi connectivity index (χ3n) is 4.27. The van der Waals surface area contributed by atoms with E-state index in [1.54, 1.807) is 12.1 Å². The molecule has 1 saturated heterocycles. The SMILES string of the molecule is CC(C)Oc1ccc(C2CNCCN2Cc2cccc(F)c2)cc1. The maximum Gasteiger partial charge on any atom is 0.123 e. The summed E-state index contributed by atoms with van der Waals surface area (Å²) in [5, 5.41) is 3.46. The lowest BCUT2D eigenvalue weighted by Crippen LogP contribution is -2.45. The molecule has 1 N–H and O–H groups in total. The first-order valence-electron chi connectivity index (χ1n) is 8.57. The van der Waals surface area contributed by atoms with Crippen LogP contribution >= 0.6 is 0 Å². The summed E-state index contributed by atoms with van der Waals surface area (Å²) in [7, 11) is 0. The van der Waals surface area contributed by atoms with Crippen LogP contribution in [0, 0.1) is 5.82 Å². The normalized spacial score (nSPS) is 18.8. The van der Waals surface area contributed by atoms with Gasteiger partial charge in [-0.05, 0) is 49.2 Å². The standard InChI is InChI=1S/C20H25FN2O/c1-15(2)24-19-8-6-17(7-9-19)20-13-22-10-11-23(20)14-16-4-3-5-18(21)12-16/h3-9,12,15,20,22H,10-11,13-14H2,1-2H3. The Bertz CT molecular complexity index is 657. The molecule has 1 heterocycles. The highest BCUT2D eigenvalue weighted by Gasteiger charge is 2.23. The van der Waals surface area contributed by atoms with Crippen molar-refractivity contribution in [2.45, 2.75) is 32.5 Å². The average Bonchev–Trinajstić information content (AvgIpc) is 2.56. The van der Waals surface area contributed by atoms with Gasteiger partial charge in [-0.25, -0.2) is 4.39 Å². The van der Waals surface area contributed by atoms with Crippen LogP contribution in [-0.4, -0.2) is 30.6 Å². The summed E-state index contributed by atoms with van der Waals surface area (Å²) in [5.41, 5.74) is 2.27. The van der Waals surface area contributed by atoms with E-state index in [1.807, 2.05) is 32.0 Å². The fourth-order valence-electron chi connectivity index (χ4n) is 3.17. The van der Waals surface area contributed by atoms with Crippen molar-refractivity contribution in [3.8, 4) is 5.75 Å². The number of hydrogen-bond acceptors (Lipinski definition) is 3. The fraction of sp³-hybridized carbons (Fsp3) is 0.400. The van der Waals surface area contributed by atoms with Crippen molar-refractivity contribution < 1.29 is 9.13 Å². The van der Waals surface area contributed by atoms with Gasteiger partial charge in [-0.2, -0.15) is 0 Å². The lowest BCUT2D eigenvalue weighted by molar-refractivity contribution is 0.153. The van der Waals surface area contributed by atoms with Crippen LogP contribution in [0.5, 0.6) is 5.75 Å². The summed E-state index contributed by atoms with van der Waals surface area (Å²) in [6.45, 7) is 7.62. The topological polar surface area (TPSA) is 24.5 Å². The van der Waals surface area contributed by atoms with Gasteiger partial charge in [0.15, 0.2) is 0 Å². The molecule has 1 unspecified atom stereocenters. The van der Waals surface area contributed by atoms with Crippen molar-refractivity contribution in [1.29, 1.82) is 0 Å². The lowest BCUT2D eigenvalue weighted by Gasteiger charge is -2.36. The Morgan fingerprint density at radius 3 is 2.71 bits per heavy atom. The van der Waals surface area contributed by atoms with Crippen LogP contribution in [0.1, 0.15) is 31.0 Å². The summed E-state index contributed by atoms with van der Waals surface area (Å²) in [5.74, 6) is 0.726. The summed E-state index contributed by atoms with van der Waals surface area (Å²) >= 11 is 0. The Kier molecular flexibility index (Phi) is 5.48. The Labute approximate surface area is 143 Å². The molecule has 0 aromatic heterocycles. The summed E-state index contributed by atoms with van der Waals surface area (Å²) in [6, 6.07) is 15.5. The Hall–Kier alpha value is -1.91. The summed E-state index contributed by atoms with van der Waals surface area (Å²) in [6.07, 6.45) is 0.177. The molecule has 0 radical (unpaired) electrons. The molecule has 24 heavy (non-hydrogen) atoms. The van der Waals surface area contributed by atoms with Gasteiger partial charge in [-0.1, -0.05) is 24.3 Å². The van der Waals surface area contributed by atoms with Crippen molar-refractivity contribution in [2.24, 2.45) is 0 Å². The first-order chi connectivity index (χ1) is 11.6. The smallest absolute Gasteiger partial charge is 0.123 e. The predicted molar refractivity (Wildman–Crippen MR) is 94.6 cm³/mol. The Morgan fingerprint density at radius 2 is 2.00 bits per heavy atom. The molecule has 0 spiro atoms. The maximum atomic E-state index is 13.4. The van der Waals surface area contributed by atoms with Gasteiger partial charge in [0, 0.05) is 32.2 Å². The highest BCUT2D eigenvalue weighted by atomic mass is 19.1. The van der Waals surface area contributed by atoms with Gasteiger partial charge in [-0.3, -0.25) is 4.90 Å². The minimum Gasteiger partial charge on any atom is -0.491 e. The molecule has 1 aliphatic rings. The van der Waals surface area contributed by atoms with Crippen molar-refractivity contribution in [1.82, 2.24) is 10.2 Å². The van der Waals surface area contributed by atoms with Gasteiger partial charge in [0.1, 0.15) is 11.6 Å². The minimum atomic E-state index is -0.172. The molecule has 3 nitrogen and oxygen atoms in total. The highest BCUT2D eigenvalue weighted by molar-refractivity contribution is 5.30. The molecule has 2 aromatic carbocycles. The molecular weight excluding hydrogens is 303 g/mol. The molecule has 0 bridgehead atoms. The van der Waals surface area contributed by atoms with Crippen LogP contribution in [0.15, 0.2) is 48.5 Å². The third-order valence-corrected chi connectivity index (χ3v) is 4.27. The highest BCUT2D eigenvalue weighted by Crippen LogP contribution is 2.26. The number of nitrogens with one attached hydrogen (secondary N) is 1. The van der Waals surface area contributed by atoms with Gasteiger partial charge < -0.3 is 10.1 Å². The number of hydrogen-bond donors (Lipinski definition) is 1. The van der Waals surface area contributed by atoms with Gasteiger partial charge in [-0.15, -0.1) is 0 Å². The van der Waals surface area contributed by atoms with Crippen molar-refractivity contribution >= 4 is 0 Å². The van der Waals surface area contributed by atoms with E-state index >= 15 is 0 Å². The molecule has 2 aromatic rings. The van der Waals surface area contributed by atoms with Crippen molar-refractivity contribution in [3.63, 3.8) is 0 Å². The van der Waals surface area contributed by atoms with E-state index in [1.165, 1.54) is 11.6 Å². The molecule has 0 aliphatic carbocycles. The van der Waals surface area contributed by atoms with Crippen LogP contribution in [-0.2, 0) is 6.54 Å². The number of halogens is 1. The zero-order valence-electron chi connectivity index (χ0n) is 14.3. The van der Waals surface area contributed by atoms with Crippen LogP contribution in [0.25, 0.3) is 0 Å². The van der Waals surface area contributed by atoms with E-state index in [0.717, 1.165) is 37.5 Å². The van der Waals surface area contributed by atoms with E-state index in [0.29, 0.717) is 0 Å². The van der Waals surface area contributed by atoms with E-state index in [9.17, 15) is 4.39 Å². The second-order valence-corrected chi connectivity index (χ2v) is 6.56. The number of ether oxygens (including phenoxy) is 1. The lowest BCUT2D eigenvalue weighted by atomic mass is 10.0. The van der Waals surface area contributed by atoms with Crippen molar-refractivity contribution in [3.05, 3.63) is 65.5 Å². The summed E-state index contributed by atoms with van der Waals surface area (Å²) < 4.78 is 19.2. The largest absolute Gasteiger partial charge is 0.491 e. The van der Waals surface area contributed by atoms with Crippen LogP contribution < -0.4 is 10.1 Å². The number of benzene rings is 2. The maximum absolute atomic E-state index is 13.4. The number of rotatable bonds is 5. The Balaban J connectivity index is 1.74. The van der Waals surface area contributed by atoms with Gasteiger partial charge in [0.25, 0.3) is 0 Å². The minimum absolute atomic E-state index is 0.172. The summed E-state index contributed by atoms with van der Waals surface area (Å²) in [4.78, 5) is 2.41. The number of nitrogens with zero attached hydrogens (tertiary/aromatic N) is 1. The molecule has 0 saturated carbocycles. The van der Waals surface area contributed by atoms with Gasteiger partial charge in [0.05, 0.1) is 6.10 Å². The molecule has 1 fully saturated rings. The average molecular weight is 328 g/mol. The van der Waals surface area contributed by atoms with E-state index in [4.69, 9.17) is 4.74 Å². The Morgan fingerprint density at radius 1 is 1.21 bits per heavy atom. The molecule has 128 valence electrons. The number of piperazine rings is 1. The quantitative estimate of drug-likeness (QED) is 0.904. The van der Waals surface area contributed by atoms with Crippen LogP contribution in [0.3, 0.4) is 0 Å².